The molecule has 0 radical (unpaired) electrons. The van der Waals surface area contributed by atoms with Crippen LogP contribution < -0.4 is 0 Å². The third-order valence-electron chi connectivity index (χ3n) is 1.39. The molecule has 0 atom stereocenters. The standard InChI is InChI=1S/C7H10O3S/c1-6-4-2-3-5-7(6)11(8,9)10/h2-5,8-10H,1H3. The largest absolute Gasteiger partial charge is 0.304 e. The first-order chi connectivity index (χ1) is 5.02. The Kier molecular flexibility index (Phi) is 2.20. The second-order valence-electron chi connectivity index (χ2n) is 2.28. The van der Waals surface area contributed by atoms with Gasteiger partial charge in [-0.25, -0.2) is 0 Å². The topological polar surface area (TPSA) is 60.7 Å². The molecule has 0 saturated heterocycles. The molecule has 3 nitrogen and oxygen atoms in total. The number of benzene rings is 1. The van der Waals surface area contributed by atoms with Crippen molar-refractivity contribution in [2.75, 3.05) is 0 Å². The Labute approximate surface area is 66.9 Å². The molecular weight excluding hydrogens is 164 g/mol. The van der Waals surface area contributed by atoms with E-state index in [1.807, 2.05) is 0 Å². The molecule has 0 bridgehead atoms. The van der Waals surface area contributed by atoms with Gasteiger partial charge in [-0.3, -0.25) is 0 Å². The summed E-state index contributed by atoms with van der Waals surface area (Å²) in [7, 11) is -3.53. The van der Waals surface area contributed by atoms with Crippen LogP contribution in [0.2, 0.25) is 0 Å². The zero-order valence-corrected chi connectivity index (χ0v) is 6.88. The lowest BCUT2D eigenvalue weighted by molar-refractivity contribution is 0.375. The van der Waals surface area contributed by atoms with Crippen LogP contribution in [0.15, 0.2) is 29.2 Å². The Morgan fingerprint density at radius 2 is 1.64 bits per heavy atom. The van der Waals surface area contributed by atoms with Gasteiger partial charge in [0.05, 0.1) is 4.90 Å². The SMILES string of the molecule is Cc1ccccc1S(O)(O)O. The molecule has 0 unspecified atom stereocenters. The third-order valence-corrected chi connectivity index (χ3v) is 2.44. The molecule has 0 aliphatic heterocycles. The number of hydrogen-bond acceptors (Lipinski definition) is 3. The highest BCUT2D eigenvalue weighted by Gasteiger charge is 2.16. The van der Waals surface area contributed by atoms with Gasteiger partial charge in [0, 0.05) is 0 Å². The number of hydrogen-bond donors (Lipinski definition) is 3. The summed E-state index contributed by atoms with van der Waals surface area (Å²) in [6.07, 6.45) is 0. The van der Waals surface area contributed by atoms with Gasteiger partial charge in [-0.15, -0.1) is 0 Å². The Morgan fingerprint density at radius 3 is 2.00 bits per heavy atom. The van der Waals surface area contributed by atoms with E-state index in [4.69, 9.17) is 13.7 Å². The van der Waals surface area contributed by atoms with Gasteiger partial charge >= 0.3 is 0 Å². The zero-order chi connectivity index (χ0) is 8.48. The lowest BCUT2D eigenvalue weighted by Gasteiger charge is -2.20. The molecule has 0 amide bonds. The van der Waals surface area contributed by atoms with Crippen molar-refractivity contribution in [3.8, 4) is 0 Å². The summed E-state index contributed by atoms with van der Waals surface area (Å²) >= 11 is 0. The first-order valence-corrected chi connectivity index (χ1v) is 4.58. The molecule has 0 spiro atoms. The first kappa shape index (κ1) is 8.55. The first-order valence-electron chi connectivity index (χ1n) is 3.08. The van der Waals surface area contributed by atoms with Gasteiger partial charge in [0.1, 0.15) is 10.9 Å². The Morgan fingerprint density at radius 1 is 1.09 bits per heavy atom. The molecule has 3 N–H and O–H groups in total. The van der Waals surface area contributed by atoms with Crippen molar-refractivity contribution in [3.05, 3.63) is 29.8 Å². The monoisotopic (exact) mass is 174 g/mol. The van der Waals surface area contributed by atoms with E-state index in [0.29, 0.717) is 5.56 Å². The Bertz CT molecular complexity index is 254. The number of rotatable bonds is 1. The predicted octanol–water partition coefficient (Wildman–Crippen LogP) is 2.58. The van der Waals surface area contributed by atoms with E-state index in [2.05, 4.69) is 0 Å². The maximum absolute atomic E-state index is 8.86. The van der Waals surface area contributed by atoms with Crippen LogP contribution in [-0.4, -0.2) is 13.7 Å². The van der Waals surface area contributed by atoms with Crippen LogP contribution >= 0.6 is 10.9 Å². The van der Waals surface area contributed by atoms with Crippen molar-refractivity contribution in [3.63, 3.8) is 0 Å². The van der Waals surface area contributed by atoms with E-state index >= 15 is 0 Å². The molecule has 1 aromatic carbocycles. The molecule has 0 heterocycles. The second kappa shape index (κ2) is 2.83. The zero-order valence-electron chi connectivity index (χ0n) is 6.06. The Balaban J connectivity index is 3.14. The molecule has 62 valence electrons. The van der Waals surface area contributed by atoms with Crippen LogP contribution in [0.25, 0.3) is 0 Å². The molecular formula is C7H10O3S. The predicted molar refractivity (Wildman–Crippen MR) is 44.9 cm³/mol. The third kappa shape index (κ3) is 1.94. The quantitative estimate of drug-likeness (QED) is 0.613. The van der Waals surface area contributed by atoms with Crippen molar-refractivity contribution in [2.45, 2.75) is 11.8 Å². The minimum Gasteiger partial charge on any atom is -0.304 e. The molecule has 11 heavy (non-hydrogen) atoms. The van der Waals surface area contributed by atoms with Gasteiger partial charge in [0.2, 0.25) is 0 Å². The van der Waals surface area contributed by atoms with Crippen molar-refractivity contribution in [2.24, 2.45) is 0 Å². The van der Waals surface area contributed by atoms with Crippen LogP contribution in [0.5, 0.6) is 0 Å². The normalized spacial score (nSPS) is 13.1. The summed E-state index contributed by atoms with van der Waals surface area (Å²) in [5.74, 6) is 0. The fraction of sp³-hybridized carbons (Fsp3) is 0.143. The van der Waals surface area contributed by atoms with Crippen molar-refractivity contribution < 1.29 is 13.7 Å². The van der Waals surface area contributed by atoms with E-state index < -0.39 is 10.9 Å². The lowest BCUT2D eigenvalue weighted by atomic mass is 10.2. The summed E-state index contributed by atoms with van der Waals surface area (Å²) in [6.45, 7) is 1.71. The van der Waals surface area contributed by atoms with Gasteiger partial charge in [0.25, 0.3) is 0 Å². The van der Waals surface area contributed by atoms with Crippen molar-refractivity contribution >= 4 is 10.9 Å². The summed E-state index contributed by atoms with van der Waals surface area (Å²) < 4.78 is 26.6. The summed E-state index contributed by atoms with van der Waals surface area (Å²) in [5.41, 5.74) is 0.676. The summed E-state index contributed by atoms with van der Waals surface area (Å²) in [6, 6.07) is 6.61. The highest BCUT2D eigenvalue weighted by molar-refractivity contribution is 8.19. The molecule has 0 aliphatic carbocycles. The van der Waals surface area contributed by atoms with Gasteiger partial charge in [0.15, 0.2) is 0 Å². The average Bonchev–Trinajstić information content (AvgIpc) is 1.86. The van der Waals surface area contributed by atoms with E-state index in [9.17, 15) is 0 Å². The van der Waals surface area contributed by atoms with Gasteiger partial charge in [-0.1, -0.05) is 18.2 Å². The van der Waals surface area contributed by atoms with E-state index in [-0.39, 0.29) is 4.90 Å². The van der Waals surface area contributed by atoms with Crippen LogP contribution in [0.3, 0.4) is 0 Å². The van der Waals surface area contributed by atoms with Crippen molar-refractivity contribution in [1.82, 2.24) is 0 Å². The van der Waals surface area contributed by atoms with Gasteiger partial charge < -0.3 is 13.7 Å². The molecule has 0 saturated carbocycles. The summed E-state index contributed by atoms with van der Waals surface area (Å²) in [4.78, 5) is 0.194. The van der Waals surface area contributed by atoms with Gasteiger partial charge in [-0.05, 0) is 18.6 Å². The smallest absolute Gasteiger partial charge is 0.113 e. The fourth-order valence-corrected chi connectivity index (χ4v) is 1.62. The average molecular weight is 174 g/mol. The van der Waals surface area contributed by atoms with E-state index in [1.54, 1.807) is 25.1 Å². The van der Waals surface area contributed by atoms with Crippen molar-refractivity contribution in [1.29, 1.82) is 0 Å². The fourth-order valence-electron chi connectivity index (χ4n) is 0.864. The second-order valence-corrected chi connectivity index (χ2v) is 3.76. The van der Waals surface area contributed by atoms with Crippen LogP contribution in [0.1, 0.15) is 5.56 Å². The molecule has 1 aromatic rings. The molecule has 0 aliphatic rings. The van der Waals surface area contributed by atoms with Crippen LogP contribution in [0.4, 0.5) is 0 Å². The van der Waals surface area contributed by atoms with Crippen LogP contribution in [-0.2, 0) is 0 Å². The molecule has 4 heteroatoms. The van der Waals surface area contributed by atoms with Gasteiger partial charge in [-0.2, -0.15) is 0 Å². The highest BCUT2D eigenvalue weighted by Crippen LogP contribution is 2.44. The highest BCUT2D eigenvalue weighted by atomic mass is 32.3. The maximum atomic E-state index is 8.86. The minimum absolute atomic E-state index is 0.194. The minimum atomic E-state index is -3.53. The summed E-state index contributed by atoms with van der Waals surface area (Å²) in [5, 5.41) is 0. The molecule has 0 aromatic heterocycles. The lowest BCUT2D eigenvalue weighted by Crippen LogP contribution is -1.97. The Hall–Kier alpha value is -0.550. The maximum Gasteiger partial charge on any atom is 0.113 e. The van der Waals surface area contributed by atoms with Crippen LogP contribution in [0, 0.1) is 6.92 Å². The van der Waals surface area contributed by atoms with E-state index in [0.717, 1.165) is 0 Å². The molecule has 1 rings (SSSR count). The number of aryl methyl sites for hydroxylation is 1. The van der Waals surface area contributed by atoms with E-state index in [1.165, 1.54) is 6.07 Å². The molecule has 0 fully saturated rings.